The Morgan fingerprint density at radius 3 is 2.23 bits per heavy atom. The molecule has 0 N–H and O–H groups in total. The molecule has 1 aliphatic rings. The van der Waals surface area contributed by atoms with Gasteiger partial charge in [0.2, 0.25) is 0 Å². The second kappa shape index (κ2) is 9.96. The maximum atomic E-state index is 6.22. The highest BCUT2D eigenvalue weighted by Crippen LogP contribution is 2.19. The predicted octanol–water partition coefficient (Wildman–Crippen LogP) is 4.71. The minimum Gasteiger partial charge on any atom is -0.489 e. The van der Waals surface area contributed by atoms with E-state index in [1.165, 1.54) is 5.56 Å². The molecule has 3 nitrogen and oxygen atoms in total. The topological polar surface area (TPSA) is 15.7 Å². The molecule has 1 fully saturated rings. The largest absolute Gasteiger partial charge is 0.489 e. The van der Waals surface area contributed by atoms with E-state index in [9.17, 15) is 0 Å². The molecule has 0 bridgehead atoms. The summed E-state index contributed by atoms with van der Waals surface area (Å²) in [5, 5.41) is 0.749. The van der Waals surface area contributed by atoms with Gasteiger partial charge in [-0.2, -0.15) is 0 Å². The van der Waals surface area contributed by atoms with E-state index < -0.39 is 0 Å². The van der Waals surface area contributed by atoms with E-state index in [2.05, 4.69) is 47.1 Å². The quantitative estimate of drug-likeness (QED) is 0.667. The van der Waals surface area contributed by atoms with Gasteiger partial charge in [0.15, 0.2) is 0 Å². The normalized spacial score (nSPS) is 17.2. The van der Waals surface area contributed by atoms with Crippen molar-refractivity contribution in [2.45, 2.75) is 32.4 Å². The number of rotatable bonds is 8. The lowest BCUT2D eigenvalue weighted by molar-refractivity contribution is 0.0772. The van der Waals surface area contributed by atoms with Crippen molar-refractivity contribution in [1.29, 1.82) is 0 Å². The Bertz CT molecular complexity index is 639. The predicted molar refractivity (Wildman–Crippen MR) is 109 cm³/mol. The Labute approximate surface area is 162 Å². The molecular formula is C22H29ClN2O. The summed E-state index contributed by atoms with van der Waals surface area (Å²) in [6.45, 7) is 8.72. The maximum absolute atomic E-state index is 6.22. The van der Waals surface area contributed by atoms with Crippen molar-refractivity contribution in [2.75, 3.05) is 32.7 Å². The van der Waals surface area contributed by atoms with Gasteiger partial charge in [-0.1, -0.05) is 55.3 Å². The van der Waals surface area contributed by atoms with Crippen LogP contribution in [0, 0.1) is 0 Å². The summed E-state index contributed by atoms with van der Waals surface area (Å²) in [5.74, 6) is 0.913. The first-order chi connectivity index (χ1) is 12.7. The Kier molecular flexibility index (Phi) is 7.36. The zero-order valence-electron chi connectivity index (χ0n) is 15.6. The van der Waals surface area contributed by atoms with Gasteiger partial charge < -0.3 is 4.74 Å². The first-order valence-electron chi connectivity index (χ1n) is 9.64. The molecular weight excluding hydrogens is 344 g/mol. The van der Waals surface area contributed by atoms with Gasteiger partial charge in [-0.25, -0.2) is 0 Å². The van der Waals surface area contributed by atoms with Crippen LogP contribution in [0.2, 0.25) is 5.02 Å². The first-order valence-corrected chi connectivity index (χ1v) is 10.0. The van der Waals surface area contributed by atoms with Crippen LogP contribution in [-0.4, -0.2) is 48.6 Å². The fourth-order valence-corrected chi connectivity index (χ4v) is 3.60. The lowest BCUT2D eigenvalue weighted by atomic mass is 10.1. The van der Waals surface area contributed by atoms with Crippen LogP contribution < -0.4 is 4.74 Å². The van der Waals surface area contributed by atoms with Crippen LogP contribution in [0.15, 0.2) is 54.6 Å². The molecule has 1 saturated heterocycles. The van der Waals surface area contributed by atoms with E-state index in [4.69, 9.17) is 16.3 Å². The molecule has 2 aromatic carbocycles. The number of nitrogens with zero attached hydrogens (tertiary/aromatic N) is 2. The molecule has 0 saturated carbocycles. The number of halogens is 1. The second-order valence-corrected chi connectivity index (χ2v) is 7.48. The van der Waals surface area contributed by atoms with E-state index in [1.54, 1.807) is 0 Å². The molecule has 1 unspecified atom stereocenters. The summed E-state index contributed by atoms with van der Waals surface area (Å²) in [6.07, 6.45) is 2.45. The van der Waals surface area contributed by atoms with Crippen LogP contribution in [0.5, 0.6) is 5.75 Å². The number of hydrogen-bond acceptors (Lipinski definition) is 3. The molecule has 1 atom stereocenters. The Morgan fingerprint density at radius 1 is 0.923 bits per heavy atom. The summed E-state index contributed by atoms with van der Waals surface area (Å²) < 4.78 is 6.22. The monoisotopic (exact) mass is 372 g/mol. The summed E-state index contributed by atoms with van der Waals surface area (Å²) in [7, 11) is 0. The summed E-state index contributed by atoms with van der Waals surface area (Å²) in [4.78, 5) is 5.08. The fourth-order valence-electron chi connectivity index (χ4n) is 3.47. The third kappa shape index (κ3) is 6.01. The van der Waals surface area contributed by atoms with Crippen LogP contribution in [0.1, 0.15) is 25.3 Å². The highest BCUT2D eigenvalue weighted by atomic mass is 35.5. The van der Waals surface area contributed by atoms with E-state index in [-0.39, 0.29) is 6.10 Å². The summed E-state index contributed by atoms with van der Waals surface area (Å²) in [6, 6.07) is 18.4. The van der Waals surface area contributed by atoms with E-state index >= 15 is 0 Å². The number of hydrogen-bond donors (Lipinski definition) is 0. The van der Waals surface area contributed by atoms with Crippen molar-refractivity contribution in [3.8, 4) is 5.75 Å². The van der Waals surface area contributed by atoms with Crippen molar-refractivity contribution in [1.82, 2.24) is 9.80 Å². The van der Waals surface area contributed by atoms with Crippen molar-refractivity contribution in [2.24, 2.45) is 0 Å². The highest BCUT2D eigenvalue weighted by molar-refractivity contribution is 6.30. The van der Waals surface area contributed by atoms with Crippen molar-refractivity contribution < 1.29 is 4.74 Å². The van der Waals surface area contributed by atoms with Crippen molar-refractivity contribution >= 4 is 11.6 Å². The second-order valence-electron chi connectivity index (χ2n) is 7.04. The van der Waals surface area contributed by atoms with Gasteiger partial charge in [0.05, 0.1) is 0 Å². The van der Waals surface area contributed by atoms with Crippen LogP contribution in [0.3, 0.4) is 0 Å². The molecule has 0 radical (unpaired) electrons. The average molecular weight is 373 g/mol. The van der Waals surface area contributed by atoms with Gasteiger partial charge in [-0.05, 0) is 36.2 Å². The zero-order valence-corrected chi connectivity index (χ0v) is 16.4. The lowest BCUT2D eigenvalue weighted by Crippen LogP contribution is -2.48. The van der Waals surface area contributed by atoms with Crippen molar-refractivity contribution in [3.63, 3.8) is 0 Å². The molecule has 0 aromatic heterocycles. The summed E-state index contributed by atoms with van der Waals surface area (Å²) in [5.41, 5.74) is 1.40. The highest BCUT2D eigenvalue weighted by Gasteiger charge is 2.21. The lowest BCUT2D eigenvalue weighted by Gasteiger charge is -2.36. The Balaban J connectivity index is 1.47. The molecule has 0 spiro atoms. The van der Waals surface area contributed by atoms with Crippen molar-refractivity contribution in [3.05, 3.63) is 65.2 Å². The van der Waals surface area contributed by atoms with Gasteiger partial charge in [0, 0.05) is 44.3 Å². The third-order valence-electron chi connectivity index (χ3n) is 4.90. The van der Waals surface area contributed by atoms with Crippen LogP contribution >= 0.6 is 11.6 Å². The minimum absolute atomic E-state index is 0.238. The van der Waals surface area contributed by atoms with Gasteiger partial charge in [-0.15, -0.1) is 0 Å². The number of ether oxygens (including phenoxy) is 1. The molecule has 0 amide bonds. The molecule has 1 heterocycles. The smallest absolute Gasteiger partial charge is 0.119 e. The van der Waals surface area contributed by atoms with E-state index in [1.807, 2.05) is 24.3 Å². The molecule has 0 aliphatic carbocycles. The first kappa shape index (κ1) is 19.2. The fraction of sp³-hybridized carbons (Fsp3) is 0.455. The van der Waals surface area contributed by atoms with E-state index in [0.717, 1.165) is 62.9 Å². The molecule has 1 aliphatic heterocycles. The number of piperazine rings is 1. The number of benzene rings is 2. The standard InChI is InChI=1S/C22H29ClN2O/c1-2-6-22(26-21-11-9-20(23)10-12-21)18-25-15-13-24(14-16-25)17-19-7-4-3-5-8-19/h3-5,7-12,22H,2,6,13-18H2,1H3. The Morgan fingerprint density at radius 2 is 1.58 bits per heavy atom. The van der Waals surface area contributed by atoms with Gasteiger partial charge in [0.1, 0.15) is 11.9 Å². The molecule has 140 valence electrons. The third-order valence-corrected chi connectivity index (χ3v) is 5.15. The van der Waals surface area contributed by atoms with Gasteiger partial charge in [0.25, 0.3) is 0 Å². The molecule has 4 heteroatoms. The van der Waals surface area contributed by atoms with Crippen LogP contribution in [-0.2, 0) is 6.54 Å². The molecule has 26 heavy (non-hydrogen) atoms. The molecule has 3 rings (SSSR count). The Hall–Kier alpha value is -1.55. The maximum Gasteiger partial charge on any atom is 0.119 e. The van der Waals surface area contributed by atoms with E-state index in [0.29, 0.717) is 0 Å². The van der Waals surface area contributed by atoms with Crippen LogP contribution in [0.4, 0.5) is 0 Å². The average Bonchev–Trinajstić information content (AvgIpc) is 2.66. The minimum atomic E-state index is 0.238. The summed E-state index contributed by atoms with van der Waals surface area (Å²) >= 11 is 5.97. The molecule has 2 aromatic rings. The zero-order chi connectivity index (χ0) is 18.2. The van der Waals surface area contributed by atoms with Gasteiger partial charge >= 0.3 is 0 Å². The van der Waals surface area contributed by atoms with Crippen LogP contribution in [0.25, 0.3) is 0 Å². The SMILES string of the molecule is CCCC(CN1CCN(Cc2ccccc2)CC1)Oc1ccc(Cl)cc1. The van der Waals surface area contributed by atoms with Gasteiger partial charge in [-0.3, -0.25) is 9.80 Å².